The molecule has 0 fully saturated rings. The zero-order chi connectivity index (χ0) is 12.6. The molecule has 0 aliphatic carbocycles. The smallest absolute Gasteiger partial charge is 0.237 e. The molecule has 0 rings (SSSR count). The topological polar surface area (TPSA) is 75.4 Å². The van der Waals surface area contributed by atoms with E-state index in [9.17, 15) is 4.79 Å². The molecule has 0 heterocycles. The van der Waals surface area contributed by atoms with Gasteiger partial charge in [-0.15, -0.1) is 0 Å². The number of aliphatic hydroxyl groups is 1. The highest BCUT2D eigenvalue weighted by Gasteiger charge is 2.25. The summed E-state index contributed by atoms with van der Waals surface area (Å²) in [5, 5.41) is 11.9. The van der Waals surface area contributed by atoms with Gasteiger partial charge in [-0.2, -0.15) is 0 Å². The minimum Gasteiger partial charge on any atom is -0.396 e. The van der Waals surface area contributed by atoms with Crippen LogP contribution in [0.3, 0.4) is 0 Å². The van der Waals surface area contributed by atoms with Gasteiger partial charge in [0.1, 0.15) is 0 Å². The summed E-state index contributed by atoms with van der Waals surface area (Å²) in [6.45, 7) is 6.09. The van der Waals surface area contributed by atoms with Crippen molar-refractivity contribution in [2.45, 2.75) is 64.5 Å². The average molecular weight is 230 g/mol. The average Bonchev–Trinajstić information content (AvgIpc) is 2.26. The summed E-state index contributed by atoms with van der Waals surface area (Å²) in [6, 6.07) is -0.426. The van der Waals surface area contributed by atoms with Gasteiger partial charge in [0.15, 0.2) is 0 Å². The predicted molar refractivity (Wildman–Crippen MR) is 66.0 cm³/mol. The lowest BCUT2D eigenvalue weighted by Gasteiger charge is -2.30. The molecule has 0 bridgehead atoms. The fourth-order valence-electron chi connectivity index (χ4n) is 1.52. The summed E-state index contributed by atoms with van der Waals surface area (Å²) in [6.07, 6.45) is 4.09. The van der Waals surface area contributed by atoms with E-state index < -0.39 is 6.04 Å². The van der Waals surface area contributed by atoms with Crippen LogP contribution >= 0.6 is 0 Å². The van der Waals surface area contributed by atoms with Crippen molar-refractivity contribution in [2.75, 3.05) is 6.61 Å². The third-order valence-electron chi connectivity index (χ3n) is 3.07. The highest BCUT2D eigenvalue weighted by Crippen LogP contribution is 2.14. The Balaban J connectivity index is 4.18. The molecule has 0 saturated carbocycles. The molecule has 0 radical (unpaired) electrons. The Morgan fingerprint density at radius 2 is 2.12 bits per heavy atom. The maximum Gasteiger partial charge on any atom is 0.237 e. The molecule has 0 aromatic rings. The Bertz CT molecular complexity index is 209. The van der Waals surface area contributed by atoms with Crippen LogP contribution in [0.5, 0.6) is 0 Å². The summed E-state index contributed by atoms with van der Waals surface area (Å²) in [5.41, 5.74) is 5.45. The van der Waals surface area contributed by atoms with Crippen LogP contribution in [-0.2, 0) is 4.79 Å². The van der Waals surface area contributed by atoms with E-state index in [1.807, 2.05) is 13.8 Å². The largest absolute Gasteiger partial charge is 0.396 e. The second kappa shape index (κ2) is 7.63. The molecule has 2 unspecified atom stereocenters. The van der Waals surface area contributed by atoms with E-state index >= 15 is 0 Å². The van der Waals surface area contributed by atoms with E-state index in [-0.39, 0.29) is 18.1 Å². The van der Waals surface area contributed by atoms with E-state index in [1.54, 1.807) is 0 Å². The summed E-state index contributed by atoms with van der Waals surface area (Å²) >= 11 is 0. The van der Waals surface area contributed by atoms with Crippen LogP contribution in [0, 0.1) is 0 Å². The number of nitrogens with one attached hydrogen (secondary N) is 1. The van der Waals surface area contributed by atoms with Crippen LogP contribution in [0.15, 0.2) is 0 Å². The first-order chi connectivity index (χ1) is 7.49. The predicted octanol–water partition coefficient (Wildman–Crippen LogP) is 1.17. The van der Waals surface area contributed by atoms with Crippen LogP contribution in [0.1, 0.15) is 52.9 Å². The molecular formula is C12H26N2O2. The molecule has 4 heteroatoms. The molecule has 2 atom stereocenters. The van der Waals surface area contributed by atoms with Crippen LogP contribution in [-0.4, -0.2) is 29.2 Å². The van der Waals surface area contributed by atoms with Gasteiger partial charge < -0.3 is 16.2 Å². The number of unbranched alkanes of at least 4 members (excludes halogenated alkanes) is 1. The fourth-order valence-corrected chi connectivity index (χ4v) is 1.52. The second-order valence-corrected chi connectivity index (χ2v) is 4.63. The summed E-state index contributed by atoms with van der Waals surface area (Å²) in [7, 11) is 0. The quantitative estimate of drug-likeness (QED) is 0.586. The fraction of sp³-hybridized carbons (Fsp3) is 0.917. The molecule has 4 N–H and O–H groups in total. The van der Waals surface area contributed by atoms with Crippen LogP contribution in [0.2, 0.25) is 0 Å². The first-order valence-corrected chi connectivity index (χ1v) is 6.17. The maximum atomic E-state index is 11.8. The van der Waals surface area contributed by atoms with Crippen LogP contribution in [0.25, 0.3) is 0 Å². The normalized spacial score (nSPS) is 16.6. The Kier molecular flexibility index (Phi) is 7.34. The van der Waals surface area contributed by atoms with Gasteiger partial charge in [-0.05, 0) is 26.2 Å². The standard InChI is InChI=1S/C12H26N2O2/c1-4-6-7-10(13)11(16)14-12(3,5-2)8-9-15/h10,15H,4-9,13H2,1-3H3,(H,14,16). The Hall–Kier alpha value is -0.610. The SMILES string of the molecule is CCCCC(N)C(=O)NC(C)(CC)CCO. The molecule has 0 saturated heterocycles. The highest BCUT2D eigenvalue weighted by atomic mass is 16.3. The molecule has 0 aromatic heterocycles. The van der Waals surface area contributed by atoms with Crippen molar-refractivity contribution in [3.8, 4) is 0 Å². The lowest BCUT2D eigenvalue weighted by Crippen LogP contribution is -2.52. The molecule has 0 aromatic carbocycles. The minimum absolute atomic E-state index is 0.0782. The number of aliphatic hydroxyl groups excluding tert-OH is 1. The van der Waals surface area contributed by atoms with Crippen molar-refractivity contribution in [1.29, 1.82) is 0 Å². The van der Waals surface area contributed by atoms with Crippen molar-refractivity contribution in [1.82, 2.24) is 5.32 Å². The Morgan fingerprint density at radius 1 is 1.50 bits per heavy atom. The van der Waals surface area contributed by atoms with Gasteiger partial charge in [-0.25, -0.2) is 0 Å². The highest BCUT2D eigenvalue weighted by molar-refractivity contribution is 5.82. The monoisotopic (exact) mass is 230 g/mol. The van der Waals surface area contributed by atoms with E-state index in [1.165, 1.54) is 0 Å². The third kappa shape index (κ3) is 5.47. The summed E-state index contributed by atoms with van der Waals surface area (Å²) < 4.78 is 0. The third-order valence-corrected chi connectivity index (χ3v) is 3.07. The zero-order valence-corrected chi connectivity index (χ0v) is 10.8. The van der Waals surface area contributed by atoms with E-state index in [2.05, 4.69) is 12.2 Å². The van der Waals surface area contributed by atoms with Crippen molar-refractivity contribution in [2.24, 2.45) is 5.73 Å². The van der Waals surface area contributed by atoms with Crippen LogP contribution in [0.4, 0.5) is 0 Å². The van der Waals surface area contributed by atoms with Gasteiger partial charge in [-0.1, -0.05) is 26.7 Å². The minimum atomic E-state index is -0.426. The van der Waals surface area contributed by atoms with Gasteiger partial charge in [-0.3, -0.25) is 4.79 Å². The number of nitrogens with two attached hydrogens (primary N) is 1. The lowest BCUT2D eigenvalue weighted by atomic mass is 9.94. The van der Waals surface area contributed by atoms with Gasteiger partial charge >= 0.3 is 0 Å². The molecule has 16 heavy (non-hydrogen) atoms. The van der Waals surface area contributed by atoms with Crippen LogP contribution < -0.4 is 11.1 Å². The van der Waals surface area contributed by atoms with E-state index in [4.69, 9.17) is 10.8 Å². The Labute approximate surface area is 98.6 Å². The molecular weight excluding hydrogens is 204 g/mol. The lowest BCUT2D eigenvalue weighted by molar-refractivity contribution is -0.124. The zero-order valence-electron chi connectivity index (χ0n) is 10.8. The van der Waals surface area contributed by atoms with Gasteiger partial charge in [0, 0.05) is 12.1 Å². The number of carbonyl (C=O) groups is 1. The summed E-state index contributed by atoms with van der Waals surface area (Å²) in [4.78, 5) is 11.8. The van der Waals surface area contributed by atoms with E-state index in [0.717, 1.165) is 25.7 Å². The van der Waals surface area contributed by atoms with Gasteiger partial charge in [0.05, 0.1) is 6.04 Å². The molecule has 4 nitrogen and oxygen atoms in total. The molecule has 0 aliphatic heterocycles. The number of hydrogen-bond donors (Lipinski definition) is 3. The number of carbonyl (C=O) groups excluding carboxylic acids is 1. The van der Waals surface area contributed by atoms with Gasteiger partial charge in [0.25, 0.3) is 0 Å². The maximum absolute atomic E-state index is 11.8. The Morgan fingerprint density at radius 3 is 2.56 bits per heavy atom. The first kappa shape index (κ1) is 15.4. The molecule has 0 spiro atoms. The first-order valence-electron chi connectivity index (χ1n) is 6.17. The molecule has 0 aliphatic rings. The number of hydrogen-bond acceptors (Lipinski definition) is 3. The van der Waals surface area contributed by atoms with E-state index in [0.29, 0.717) is 6.42 Å². The van der Waals surface area contributed by atoms with Crippen molar-refractivity contribution in [3.63, 3.8) is 0 Å². The molecule has 1 amide bonds. The van der Waals surface area contributed by atoms with Gasteiger partial charge in [0.2, 0.25) is 5.91 Å². The number of amides is 1. The van der Waals surface area contributed by atoms with Crippen molar-refractivity contribution < 1.29 is 9.90 Å². The van der Waals surface area contributed by atoms with Crippen molar-refractivity contribution in [3.05, 3.63) is 0 Å². The number of rotatable bonds is 8. The summed E-state index contributed by atoms with van der Waals surface area (Å²) in [5.74, 6) is -0.105. The van der Waals surface area contributed by atoms with Crippen molar-refractivity contribution >= 4 is 5.91 Å². The molecule has 96 valence electrons. The second-order valence-electron chi connectivity index (χ2n) is 4.63.